The second kappa shape index (κ2) is 8.16. The second-order valence-corrected chi connectivity index (χ2v) is 7.76. The van der Waals surface area contributed by atoms with Crippen LogP contribution < -0.4 is 20.3 Å². The van der Waals surface area contributed by atoms with Gasteiger partial charge in [0.2, 0.25) is 0 Å². The van der Waals surface area contributed by atoms with Crippen molar-refractivity contribution in [1.82, 2.24) is 14.7 Å². The molecule has 8 heteroatoms. The highest BCUT2D eigenvalue weighted by Crippen LogP contribution is 2.28. The first-order valence-corrected chi connectivity index (χ1v) is 10.3. The van der Waals surface area contributed by atoms with Crippen molar-refractivity contribution in [2.75, 3.05) is 13.7 Å². The van der Waals surface area contributed by atoms with E-state index in [-0.39, 0.29) is 11.5 Å². The van der Waals surface area contributed by atoms with E-state index < -0.39 is 0 Å². The van der Waals surface area contributed by atoms with E-state index in [4.69, 9.17) is 9.47 Å². The second-order valence-electron chi connectivity index (χ2n) is 6.73. The number of carbonyl (C=O) groups is 1. The third kappa shape index (κ3) is 3.61. The minimum absolute atomic E-state index is 0.175. The van der Waals surface area contributed by atoms with Crippen LogP contribution in [0.4, 0.5) is 0 Å². The van der Waals surface area contributed by atoms with E-state index in [0.717, 1.165) is 11.1 Å². The zero-order chi connectivity index (χ0) is 21.3. The molecule has 3 aromatic heterocycles. The van der Waals surface area contributed by atoms with Gasteiger partial charge in [-0.15, -0.1) is 11.3 Å². The number of aromatic nitrogens is 2. The summed E-state index contributed by atoms with van der Waals surface area (Å²) in [5, 5.41) is 3.33. The number of hydrogen-bond acceptors (Lipinski definition) is 6. The lowest BCUT2D eigenvalue weighted by molar-refractivity contribution is 0.0955. The van der Waals surface area contributed by atoms with Crippen molar-refractivity contribution >= 4 is 33.1 Å². The first-order chi connectivity index (χ1) is 14.5. The first kappa shape index (κ1) is 19.9. The lowest BCUT2D eigenvalue weighted by Crippen LogP contribution is -2.21. The van der Waals surface area contributed by atoms with Gasteiger partial charge < -0.3 is 14.8 Å². The molecule has 0 atom stereocenters. The van der Waals surface area contributed by atoms with Gasteiger partial charge in [-0.05, 0) is 49.2 Å². The Morgan fingerprint density at radius 1 is 1.23 bits per heavy atom. The molecule has 0 aliphatic rings. The largest absolute Gasteiger partial charge is 0.493 e. The van der Waals surface area contributed by atoms with Crippen LogP contribution in [-0.2, 0) is 6.54 Å². The normalized spacial score (nSPS) is 11.0. The molecule has 1 N–H and O–H groups in total. The number of aryl methyl sites for hydroxylation is 1. The number of ether oxygens (including phenoxy) is 2. The van der Waals surface area contributed by atoms with Gasteiger partial charge in [0.1, 0.15) is 10.5 Å². The van der Waals surface area contributed by atoms with Crippen molar-refractivity contribution in [3.63, 3.8) is 0 Å². The molecule has 7 nitrogen and oxygen atoms in total. The Hall–Kier alpha value is -3.39. The summed E-state index contributed by atoms with van der Waals surface area (Å²) in [6, 6.07) is 10.8. The van der Waals surface area contributed by atoms with Gasteiger partial charge in [-0.2, -0.15) is 0 Å². The van der Waals surface area contributed by atoms with Crippen LogP contribution in [0.15, 0.2) is 47.4 Å². The number of carbonyl (C=O) groups excluding carboxylic acids is 1. The van der Waals surface area contributed by atoms with Crippen molar-refractivity contribution in [2.45, 2.75) is 20.4 Å². The predicted octanol–water partition coefficient (Wildman–Crippen LogP) is 3.55. The topological polar surface area (TPSA) is 81.9 Å². The molecule has 0 spiro atoms. The Balaban J connectivity index is 1.59. The van der Waals surface area contributed by atoms with Gasteiger partial charge in [0, 0.05) is 12.7 Å². The van der Waals surface area contributed by atoms with Gasteiger partial charge in [-0.25, -0.2) is 4.98 Å². The molecule has 0 bridgehead atoms. The van der Waals surface area contributed by atoms with Gasteiger partial charge in [0.25, 0.3) is 11.5 Å². The minimum atomic E-state index is -0.253. The summed E-state index contributed by atoms with van der Waals surface area (Å²) in [5.74, 6) is 1.02. The maximum atomic E-state index is 12.8. The highest BCUT2D eigenvalue weighted by atomic mass is 32.1. The fraction of sp³-hybridized carbons (Fsp3) is 0.227. The van der Waals surface area contributed by atoms with Gasteiger partial charge in [0.15, 0.2) is 11.5 Å². The van der Waals surface area contributed by atoms with Crippen molar-refractivity contribution in [1.29, 1.82) is 0 Å². The van der Waals surface area contributed by atoms with Crippen LogP contribution >= 0.6 is 11.3 Å². The van der Waals surface area contributed by atoms with Crippen LogP contribution in [-0.4, -0.2) is 29.0 Å². The average molecular weight is 423 g/mol. The van der Waals surface area contributed by atoms with E-state index in [2.05, 4.69) is 10.3 Å². The van der Waals surface area contributed by atoms with Gasteiger partial charge >= 0.3 is 0 Å². The molecule has 4 rings (SSSR count). The minimum Gasteiger partial charge on any atom is -0.493 e. The third-order valence-corrected chi connectivity index (χ3v) is 5.76. The summed E-state index contributed by atoms with van der Waals surface area (Å²) in [6.07, 6.45) is 1.69. The number of nitrogens with zero attached hydrogens (tertiary/aromatic N) is 2. The number of methoxy groups -OCH3 is 1. The van der Waals surface area contributed by atoms with Crippen molar-refractivity contribution in [3.05, 3.63) is 69.0 Å². The molecular formula is C22H21N3O4S. The number of thiophene rings is 1. The summed E-state index contributed by atoms with van der Waals surface area (Å²) in [6.45, 7) is 4.64. The van der Waals surface area contributed by atoms with Crippen LogP contribution in [0, 0.1) is 6.92 Å². The molecule has 0 saturated heterocycles. The highest BCUT2D eigenvalue weighted by Gasteiger charge is 2.15. The monoisotopic (exact) mass is 423 g/mol. The molecule has 0 aliphatic carbocycles. The molecule has 4 aromatic rings. The number of pyridine rings is 1. The molecule has 0 aliphatic heterocycles. The molecule has 0 saturated carbocycles. The predicted molar refractivity (Wildman–Crippen MR) is 117 cm³/mol. The van der Waals surface area contributed by atoms with Crippen LogP contribution in [0.3, 0.4) is 0 Å². The zero-order valence-electron chi connectivity index (χ0n) is 16.9. The Morgan fingerprint density at radius 2 is 2.07 bits per heavy atom. The van der Waals surface area contributed by atoms with Gasteiger partial charge in [-0.1, -0.05) is 12.1 Å². The van der Waals surface area contributed by atoms with Crippen molar-refractivity contribution in [3.8, 4) is 11.5 Å². The molecule has 0 fully saturated rings. The molecule has 1 aromatic carbocycles. The Kier molecular flexibility index (Phi) is 5.41. The molecule has 0 unspecified atom stereocenters. The van der Waals surface area contributed by atoms with E-state index in [1.807, 2.05) is 44.2 Å². The van der Waals surface area contributed by atoms with E-state index in [9.17, 15) is 9.59 Å². The summed E-state index contributed by atoms with van der Waals surface area (Å²) >= 11 is 1.21. The van der Waals surface area contributed by atoms with E-state index in [0.29, 0.717) is 45.4 Å². The Morgan fingerprint density at radius 3 is 2.83 bits per heavy atom. The summed E-state index contributed by atoms with van der Waals surface area (Å²) < 4.78 is 12.4. The number of fused-ring (bicyclic) bond motifs is 2. The van der Waals surface area contributed by atoms with Crippen LogP contribution in [0.25, 0.3) is 15.9 Å². The number of amides is 1. The molecule has 0 radical (unpaired) electrons. The van der Waals surface area contributed by atoms with Crippen LogP contribution in [0.2, 0.25) is 0 Å². The fourth-order valence-corrected chi connectivity index (χ4v) is 4.18. The number of hydrogen-bond donors (Lipinski definition) is 1. The summed E-state index contributed by atoms with van der Waals surface area (Å²) in [5.41, 5.74) is 2.21. The highest BCUT2D eigenvalue weighted by molar-refractivity contribution is 7.20. The molecule has 154 valence electrons. The maximum absolute atomic E-state index is 12.8. The lowest BCUT2D eigenvalue weighted by atomic mass is 10.2. The van der Waals surface area contributed by atoms with Gasteiger partial charge in [-0.3, -0.25) is 14.0 Å². The van der Waals surface area contributed by atoms with Gasteiger partial charge in [0.05, 0.1) is 24.0 Å². The SMILES string of the molecule is CCOc1cc(CNC(=O)c2cc3c(=O)n4cccc(C)c4nc3s2)ccc1OC. The lowest BCUT2D eigenvalue weighted by Gasteiger charge is -2.11. The van der Waals surface area contributed by atoms with E-state index in [1.165, 1.54) is 15.7 Å². The molecule has 1 amide bonds. The van der Waals surface area contributed by atoms with Crippen molar-refractivity contribution in [2.24, 2.45) is 0 Å². The Bertz CT molecular complexity index is 1310. The quantitative estimate of drug-likeness (QED) is 0.513. The zero-order valence-corrected chi connectivity index (χ0v) is 17.7. The number of rotatable bonds is 6. The smallest absolute Gasteiger partial charge is 0.266 e. The summed E-state index contributed by atoms with van der Waals surface area (Å²) in [4.78, 5) is 31.1. The number of nitrogens with one attached hydrogen (secondary N) is 1. The first-order valence-electron chi connectivity index (χ1n) is 9.51. The Labute approximate surface area is 176 Å². The number of benzene rings is 1. The standard InChI is InChI=1S/C22H21N3O4S/c1-4-29-17-10-14(7-8-16(17)28-3)12-23-20(26)18-11-15-21(30-18)24-19-13(2)6-5-9-25(19)22(15)27/h5-11H,4,12H2,1-3H3,(H,23,26). The van der Waals surface area contributed by atoms with Crippen LogP contribution in [0.1, 0.15) is 27.7 Å². The summed E-state index contributed by atoms with van der Waals surface area (Å²) in [7, 11) is 1.59. The third-order valence-electron chi connectivity index (χ3n) is 4.74. The maximum Gasteiger partial charge on any atom is 0.266 e. The van der Waals surface area contributed by atoms with E-state index in [1.54, 1.807) is 19.4 Å². The molecule has 3 heterocycles. The molecular weight excluding hydrogens is 402 g/mol. The van der Waals surface area contributed by atoms with Crippen molar-refractivity contribution < 1.29 is 14.3 Å². The molecule has 30 heavy (non-hydrogen) atoms. The average Bonchev–Trinajstić information content (AvgIpc) is 3.18. The van der Waals surface area contributed by atoms with Crippen LogP contribution in [0.5, 0.6) is 11.5 Å². The van der Waals surface area contributed by atoms with E-state index >= 15 is 0 Å². The fourth-order valence-electron chi connectivity index (χ4n) is 3.24.